The minimum Gasteiger partial charge on any atom is -0.366 e. The highest BCUT2D eigenvalue weighted by Gasteiger charge is 2.17. The molecule has 0 unspecified atom stereocenters. The maximum absolute atomic E-state index is 11.6. The number of nitrogens with zero attached hydrogens (tertiary/aromatic N) is 2. The molecule has 0 aliphatic rings. The highest BCUT2D eigenvalue weighted by molar-refractivity contribution is 6.01. The van der Waals surface area contributed by atoms with Crippen molar-refractivity contribution < 1.29 is 9.72 Å². The molecule has 0 atom stereocenters. The molecule has 6 heteroatoms. The Balaban J connectivity index is 3.00. The summed E-state index contributed by atoms with van der Waals surface area (Å²) in [6.07, 6.45) is 1.62. The van der Waals surface area contributed by atoms with Crippen molar-refractivity contribution in [2.24, 2.45) is 0 Å². The zero-order chi connectivity index (χ0) is 12.8. The van der Waals surface area contributed by atoms with Gasteiger partial charge in [-0.15, -0.1) is 6.58 Å². The topological polar surface area (TPSA) is 85.1 Å². The second-order valence-electron chi connectivity index (χ2n) is 3.43. The standard InChI is InChI=1S/C11H13N3O3/c1-3-6-12-11-9(5-4-8(2)13-11)10(15)7-14(16)17/h3-5H,1,6-7H2,2H3,(H,12,13). The van der Waals surface area contributed by atoms with Crippen molar-refractivity contribution in [1.29, 1.82) is 0 Å². The van der Waals surface area contributed by atoms with E-state index >= 15 is 0 Å². The molecule has 0 bridgehead atoms. The van der Waals surface area contributed by atoms with Crippen LogP contribution in [0.4, 0.5) is 5.82 Å². The SMILES string of the molecule is C=CCNc1nc(C)ccc1C(=O)C[N+](=O)[O-]. The van der Waals surface area contributed by atoms with Gasteiger partial charge in [0.05, 0.1) is 5.56 Å². The third kappa shape index (κ3) is 3.67. The van der Waals surface area contributed by atoms with Gasteiger partial charge in [0.25, 0.3) is 6.54 Å². The number of rotatable bonds is 6. The molecule has 1 heterocycles. The number of hydrogen-bond acceptors (Lipinski definition) is 5. The van der Waals surface area contributed by atoms with Gasteiger partial charge in [0, 0.05) is 17.2 Å². The van der Waals surface area contributed by atoms with Crippen LogP contribution in [0.3, 0.4) is 0 Å². The summed E-state index contributed by atoms with van der Waals surface area (Å²) in [4.78, 5) is 25.4. The lowest BCUT2D eigenvalue weighted by molar-refractivity contribution is -0.465. The van der Waals surface area contributed by atoms with E-state index in [0.717, 1.165) is 5.69 Å². The molecule has 0 fully saturated rings. The molecule has 0 aromatic carbocycles. The first-order valence-electron chi connectivity index (χ1n) is 5.02. The fourth-order valence-electron chi connectivity index (χ4n) is 1.29. The van der Waals surface area contributed by atoms with E-state index in [4.69, 9.17) is 0 Å². The van der Waals surface area contributed by atoms with Gasteiger partial charge >= 0.3 is 0 Å². The molecule has 90 valence electrons. The average Bonchev–Trinajstić information content (AvgIpc) is 2.25. The van der Waals surface area contributed by atoms with E-state index in [1.807, 2.05) is 0 Å². The van der Waals surface area contributed by atoms with E-state index in [0.29, 0.717) is 12.4 Å². The smallest absolute Gasteiger partial charge is 0.265 e. The highest BCUT2D eigenvalue weighted by atomic mass is 16.6. The van der Waals surface area contributed by atoms with Gasteiger partial charge in [-0.3, -0.25) is 14.9 Å². The summed E-state index contributed by atoms with van der Waals surface area (Å²) in [5.41, 5.74) is 0.961. The number of nitro groups is 1. The van der Waals surface area contributed by atoms with E-state index in [1.54, 1.807) is 25.1 Å². The molecule has 0 aliphatic heterocycles. The van der Waals surface area contributed by atoms with Crippen LogP contribution >= 0.6 is 0 Å². The Morgan fingerprint density at radius 3 is 2.94 bits per heavy atom. The van der Waals surface area contributed by atoms with Crippen LogP contribution in [-0.4, -0.2) is 28.8 Å². The maximum atomic E-state index is 11.6. The molecule has 6 nitrogen and oxygen atoms in total. The van der Waals surface area contributed by atoms with Crippen LogP contribution in [0.1, 0.15) is 16.1 Å². The molecule has 17 heavy (non-hydrogen) atoms. The van der Waals surface area contributed by atoms with Crippen LogP contribution in [-0.2, 0) is 0 Å². The number of Topliss-reactive ketones (excluding diaryl/α,β-unsaturated/α-hetero) is 1. The lowest BCUT2D eigenvalue weighted by Gasteiger charge is -2.08. The maximum Gasteiger partial charge on any atom is 0.265 e. The van der Waals surface area contributed by atoms with Gasteiger partial charge < -0.3 is 5.32 Å². The predicted octanol–water partition coefficient (Wildman–Crippen LogP) is 1.45. The van der Waals surface area contributed by atoms with Crippen LogP contribution in [0.2, 0.25) is 0 Å². The van der Waals surface area contributed by atoms with E-state index in [2.05, 4.69) is 16.9 Å². The Kier molecular flexibility index (Phi) is 4.33. The van der Waals surface area contributed by atoms with Gasteiger partial charge in [-0.2, -0.15) is 0 Å². The number of anilines is 1. The van der Waals surface area contributed by atoms with Crippen LogP contribution in [0.25, 0.3) is 0 Å². The third-order valence-corrected chi connectivity index (χ3v) is 2.02. The van der Waals surface area contributed by atoms with E-state index in [-0.39, 0.29) is 5.56 Å². The van der Waals surface area contributed by atoms with Gasteiger partial charge in [-0.25, -0.2) is 4.98 Å². The molecular formula is C11H13N3O3. The molecule has 1 aromatic heterocycles. The minimum absolute atomic E-state index is 0.231. The summed E-state index contributed by atoms with van der Waals surface area (Å²) in [7, 11) is 0. The Bertz CT molecular complexity index is 457. The van der Waals surface area contributed by atoms with Gasteiger partial charge in [0.1, 0.15) is 5.82 Å². The second kappa shape index (κ2) is 5.74. The largest absolute Gasteiger partial charge is 0.366 e. The Labute approximate surface area is 98.5 Å². The number of aromatic nitrogens is 1. The van der Waals surface area contributed by atoms with Gasteiger partial charge in [-0.1, -0.05) is 6.08 Å². The molecule has 0 spiro atoms. The number of nitrogens with one attached hydrogen (secondary N) is 1. The third-order valence-electron chi connectivity index (χ3n) is 2.02. The van der Waals surface area contributed by atoms with E-state index in [9.17, 15) is 14.9 Å². The number of pyridine rings is 1. The monoisotopic (exact) mass is 235 g/mol. The normalized spacial score (nSPS) is 9.71. The molecule has 0 saturated carbocycles. The summed E-state index contributed by atoms with van der Waals surface area (Å²) in [5.74, 6) is -0.203. The van der Waals surface area contributed by atoms with E-state index < -0.39 is 17.3 Å². The zero-order valence-electron chi connectivity index (χ0n) is 9.47. The predicted molar refractivity (Wildman–Crippen MR) is 63.9 cm³/mol. The number of carbonyl (C=O) groups is 1. The summed E-state index contributed by atoms with van der Waals surface area (Å²) in [6, 6.07) is 3.19. The second-order valence-corrected chi connectivity index (χ2v) is 3.43. The van der Waals surface area contributed by atoms with Gasteiger partial charge in [0.2, 0.25) is 5.78 Å². The summed E-state index contributed by atoms with van der Waals surface area (Å²) < 4.78 is 0. The summed E-state index contributed by atoms with van der Waals surface area (Å²) in [5, 5.41) is 13.2. The minimum atomic E-state index is -0.729. The molecule has 1 N–H and O–H groups in total. The molecule has 1 aromatic rings. The van der Waals surface area contributed by atoms with Crippen LogP contribution in [0.15, 0.2) is 24.8 Å². The van der Waals surface area contributed by atoms with Crippen molar-refractivity contribution in [2.45, 2.75) is 6.92 Å². The first-order valence-corrected chi connectivity index (χ1v) is 5.02. The Morgan fingerprint density at radius 2 is 2.35 bits per heavy atom. The lowest BCUT2D eigenvalue weighted by atomic mass is 10.1. The number of ketones is 1. The van der Waals surface area contributed by atoms with Crippen molar-refractivity contribution >= 4 is 11.6 Å². The zero-order valence-corrected chi connectivity index (χ0v) is 9.47. The first kappa shape index (κ1) is 12.8. The van der Waals surface area contributed by atoms with Crippen molar-refractivity contribution in [1.82, 2.24) is 4.98 Å². The molecular weight excluding hydrogens is 222 g/mol. The fraction of sp³-hybridized carbons (Fsp3) is 0.273. The Hall–Kier alpha value is -2.24. The molecule has 0 radical (unpaired) electrons. The number of aryl methyl sites for hydroxylation is 1. The van der Waals surface area contributed by atoms with Crippen molar-refractivity contribution in [3.8, 4) is 0 Å². The fourth-order valence-corrected chi connectivity index (χ4v) is 1.29. The molecule has 0 aliphatic carbocycles. The Morgan fingerprint density at radius 1 is 1.65 bits per heavy atom. The van der Waals surface area contributed by atoms with Gasteiger partial charge in [-0.05, 0) is 19.1 Å². The van der Waals surface area contributed by atoms with E-state index in [1.165, 1.54) is 0 Å². The van der Waals surface area contributed by atoms with Crippen molar-refractivity contribution in [3.63, 3.8) is 0 Å². The van der Waals surface area contributed by atoms with Crippen molar-refractivity contribution in [2.75, 3.05) is 18.4 Å². The van der Waals surface area contributed by atoms with Crippen LogP contribution in [0.5, 0.6) is 0 Å². The summed E-state index contributed by atoms with van der Waals surface area (Å²) >= 11 is 0. The molecule has 0 amide bonds. The van der Waals surface area contributed by atoms with Gasteiger partial charge in [0.15, 0.2) is 0 Å². The quantitative estimate of drug-likeness (QED) is 0.349. The number of hydrogen-bond donors (Lipinski definition) is 1. The molecule has 1 rings (SSSR count). The average molecular weight is 235 g/mol. The summed E-state index contributed by atoms with van der Waals surface area (Å²) in [6.45, 7) is 5.03. The van der Waals surface area contributed by atoms with Crippen LogP contribution < -0.4 is 5.32 Å². The molecule has 0 saturated heterocycles. The van der Waals surface area contributed by atoms with Crippen molar-refractivity contribution in [3.05, 3.63) is 46.2 Å². The number of carbonyl (C=O) groups excluding carboxylic acids is 1. The highest BCUT2D eigenvalue weighted by Crippen LogP contribution is 2.14. The lowest BCUT2D eigenvalue weighted by Crippen LogP contribution is -2.17. The first-order chi connectivity index (χ1) is 8.04. The van der Waals surface area contributed by atoms with Crippen LogP contribution in [0, 0.1) is 17.0 Å².